The zero-order valence-corrected chi connectivity index (χ0v) is 13.8. The van der Waals surface area contributed by atoms with Gasteiger partial charge in [0.2, 0.25) is 0 Å². The van der Waals surface area contributed by atoms with Crippen LogP contribution in [0.2, 0.25) is 0 Å². The van der Waals surface area contributed by atoms with Gasteiger partial charge in [0.05, 0.1) is 7.11 Å². The number of aliphatic imine (C=N–C) groups is 1. The Hall–Kier alpha value is -2.63. The summed E-state index contributed by atoms with van der Waals surface area (Å²) >= 11 is 0. The number of aromatic nitrogens is 2. The highest BCUT2D eigenvalue weighted by Crippen LogP contribution is 2.44. The predicted octanol–water partition coefficient (Wildman–Crippen LogP) is 2.11. The highest BCUT2D eigenvalue weighted by atomic mass is 16.5. The Kier molecular flexibility index (Phi) is 3.40. The topological polar surface area (TPSA) is 82.6 Å². The monoisotopic (exact) mass is 324 g/mol. The van der Waals surface area contributed by atoms with E-state index < -0.39 is 0 Å². The van der Waals surface area contributed by atoms with Crippen molar-refractivity contribution >= 4 is 6.02 Å². The Balaban J connectivity index is 1.83. The number of hydrogen-bond acceptors (Lipinski definition) is 6. The third-order valence-corrected chi connectivity index (χ3v) is 5.16. The van der Waals surface area contributed by atoms with Crippen molar-refractivity contribution in [2.24, 2.45) is 10.7 Å². The average Bonchev–Trinajstić information content (AvgIpc) is 2.87. The fraction of sp³-hybridized carbons (Fsp3) is 0.389. The van der Waals surface area contributed by atoms with Gasteiger partial charge in [0.15, 0.2) is 0 Å². The summed E-state index contributed by atoms with van der Waals surface area (Å²) in [6.07, 6.45) is 7.75. The average molecular weight is 324 g/mol. The lowest BCUT2D eigenvalue weighted by Crippen LogP contribution is -2.41. The number of benzene rings is 1. The molecular formula is C18H20N4O2. The van der Waals surface area contributed by atoms with Crippen LogP contribution in [-0.4, -0.2) is 34.7 Å². The summed E-state index contributed by atoms with van der Waals surface area (Å²) in [7, 11) is 1.70. The molecule has 1 spiro atoms. The molecule has 2 heterocycles. The molecule has 1 aliphatic carbocycles. The maximum absolute atomic E-state index is 5.82. The SMILES string of the molecule is COc1ccc(-c2cncnc2)c2c1C[C@@]1(CC2)N=C(N)O[C@H]1C. The molecule has 0 unspecified atom stereocenters. The number of methoxy groups -OCH3 is 1. The van der Waals surface area contributed by atoms with E-state index in [1.54, 1.807) is 13.4 Å². The van der Waals surface area contributed by atoms with Crippen molar-refractivity contribution in [3.8, 4) is 16.9 Å². The minimum atomic E-state index is -0.295. The Morgan fingerprint density at radius 1 is 1.25 bits per heavy atom. The van der Waals surface area contributed by atoms with Gasteiger partial charge in [-0.2, -0.15) is 0 Å². The van der Waals surface area contributed by atoms with Gasteiger partial charge in [0, 0.05) is 29.9 Å². The minimum Gasteiger partial charge on any atom is -0.496 e. The van der Waals surface area contributed by atoms with E-state index in [0.29, 0.717) is 0 Å². The highest BCUT2D eigenvalue weighted by molar-refractivity contribution is 5.75. The molecule has 2 aromatic rings. The second-order valence-corrected chi connectivity index (χ2v) is 6.39. The van der Waals surface area contributed by atoms with Crippen LogP contribution >= 0.6 is 0 Å². The maximum atomic E-state index is 5.82. The zero-order chi connectivity index (χ0) is 16.7. The summed E-state index contributed by atoms with van der Waals surface area (Å²) in [6.45, 7) is 2.04. The van der Waals surface area contributed by atoms with Gasteiger partial charge in [-0.1, -0.05) is 6.07 Å². The maximum Gasteiger partial charge on any atom is 0.282 e. The van der Waals surface area contributed by atoms with Crippen LogP contribution in [0.4, 0.5) is 0 Å². The molecule has 124 valence electrons. The number of rotatable bonds is 2. The third-order valence-electron chi connectivity index (χ3n) is 5.16. The molecule has 24 heavy (non-hydrogen) atoms. The van der Waals surface area contributed by atoms with Gasteiger partial charge >= 0.3 is 0 Å². The summed E-state index contributed by atoms with van der Waals surface area (Å²) in [6, 6.07) is 4.38. The first-order valence-electron chi connectivity index (χ1n) is 8.09. The Bertz CT molecular complexity index is 806. The summed E-state index contributed by atoms with van der Waals surface area (Å²) in [5, 5.41) is 0. The van der Waals surface area contributed by atoms with Gasteiger partial charge in [-0.15, -0.1) is 0 Å². The molecule has 0 bridgehead atoms. The van der Waals surface area contributed by atoms with Crippen LogP contribution in [0, 0.1) is 0 Å². The van der Waals surface area contributed by atoms with Crippen LogP contribution in [0.5, 0.6) is 5.75 Å². The Morgan fingerprint density at radius 3 is 2.71 bits per heavy atom. The summed E-state index contributed by atoms with van der Waals surface area (Å²) in [5.41, 5.74) is 10.2. The lowest BCUT2D eigenvalue weighted by atomic mass is 9.73. The van der Waals surface area contributed by atoms with E-state index in [4.69, 9.17) is 15.2 Å². The number of nitrogens with zero attached hydrogens (tertiary/aromatic N) is 3. The van der Waals surface area contributed by atoms with Crippen LogP contribution in [0.25, 0.3) is 11.1 Å². The second-order valence-electron chi connectivity index (χ2n) is 6.39. The molecule has 0 amide bonds. The molecule has 2 N–H and O–H groups in total. The lowest BCUT2D eigenvalue weighted by molar-refractivity contribution is 0.140. The van der Waals surface area contributed by atoms with E-state index in [-0.39, 0.29) is 17.7 Å². The van der Waals surface area contributed by atoms with Gasteiger partial charge in [-0.25, -0.2) is 15.0 Å². The normalized spacial score (nSPS) is 25.1. The fourth-order valence-electron chi connectivity index (χ4n) is 3.86. The number of hydrogen-bond donors (Lipinski definition) is 1. The quantitative estimate of drug-likeness (QED) is 0.915. The molecule has 6 nitrogen and oxygen atoms in total. The first-order valence-corrected chi connectivity index (χ1v) is 8.09. The number of amidine groups is 1. The van der Waals surface area contributed by atoms with E-state index in [1.807, 2.05) is 25.4 Å². The van der Waals surface area contributed by atoms with Gasteiger partial charge in [0.1, 0.15) is 23.7 Å². The largest absolute Gasteiger partial charge is 0.496 e. The molecule has 1 aromatic heterocycles. The third kappa shape index (κ3) is 2.21. The number of nitrogens with two attached hydrogens (primary N) is 1. The number of fused-ring (bicyclic) bond motifs is 1. The van der Waals surface area contributed by atoms with Crippen molar-refractivity contribution in [3.05, 3.63) is 42.0 Å². The molecule has 0 saturated heterocycles. The molecule has 0 saturated carbocycles. The Morgan fingerprint density at radius 2 is 2.04 bits per heavy atom. The van der Waals surface area contributed by atoms with Crippen molar-refractivity contribution in [2.75, 3.05) is 7.11 Å². The molecule has 1 aromatic carbocycles. The fourth-order valence-corrected chi connectivity index (χ4v) is 3.86. The minimum absolute atomic E-state index is 0.0286. The van der Waals surface area contributed by atoms with Crippen molar-refractivity contribution in [1.29, 1.82) is 0 Å². The standard InChI is InChI=1S/C18H20N4O2/c1-11-18(22-17(19)24-11)6-5-14-13(12-8-20-10-21-9-12)3-4-16(23-2)15(14)7-18/h3-4,8-11H,5-7H2,1-2H3,(H2,19,22)/t11-,18+/m0/s1. The smallest absolute Gasteiger partial charge is 0.282 e. The van der Waals surface area contributed by atoms with Crippen LogP contribution in [0.15, 0.2) is 35.8 Å². The highest BCUT2D eigenvalue weighted by Gasteiger charge is 2.46. The van der Waals surface area contributed by atoms with Crippen LogP contribution in [-0.2, 0) is 17.6 Å². The summed E-state index contributed by atoms with van der Waals surface area (Å²) in [5.74, 6) is 0.887. The van der Waals surface area contributed by atoms with Crippen molar-refractivity contribution in [1.82, 2.24) is 9.97 Å². The molecular weight excluding hydrogens is 304 g/mol. The van der Waals surface area contributed by atoms with E-state index in [0.717, 1.165) is 36.1 Å². The molecule has 0 radical (unpaired) electrons. The molecule has 6 heteroatoms. The van der Waals surface area contributed by atoms with E-state index in [1.165, 1.54) is 11.1 Å². The first-order chi connectivity index (χ1) is 11.6. The molecule has 4 rings (SSSR count). The van der Waals surface area contributed by atoms with Crippen molar-refractivity contribution < 1.29 is 9.47 Å². The van der Waals surface area contributed by atoms with Crippen LogP contribution < -0.4 is 10.5 Å². The zero-order valence-electron chi connectivity index (χ0n) is 13.8. The van der Waals surface area contributed by atoms with Gasteiger partial charge < -0.3 is 15.2 Å². The van der Waals surface area contributed by atoms with Crippen LogP contribution in [0.1, 0.15) is 24.5 Å². The van der Waals surface area contributed by atoms with Crippen molar-refractivity contribution in [2.45, 2.75) is 37.8 Å². The lowest BCUT2D eigenvalue weighted by Gasteiger charge is -2.35. The van der Waals surface area contributed by atoms with E-state index in [9.17, 15) is 0 Å². The van der Waals surface area contributed by atoms with Crippen LogP contribution in [0.3, 0.4) is 0 Å². The van der Waals surface area contributed by atoms with Crippen molar-refractivity contribution in [3.63, 3.8) is 0 Å². The van der Waals surface area contributed by atoms with E-state index in [2.05, 4.69) is 21.0 Å². The second kappa shape index (κ2) is 5.47. The summed E-state index contributed by atoms with van der Waals surface area (Å²) in [4.78, 5) is 12.9. The first kappa shape index (κ1) is 14.9. The summed E-state index contributed by atoms with van der Waals surface area (Å²) < 4.78 is 11.2. The van der Waals surface area contributed by atoms with Gasteiger partial charge in [0.25, 0.3) is 6.02 Å². The molecule has 0 fully saturated rings. The number of ether oxygens (including phenoxy) is 2. The molecule has 2 aliphatic rings. The predicted molar refractivity (Wildman–Crippen MR) is 90.9 cm³/mol. The Labute approximate surface area is 140 Å². The van der Waals surface area contributed by atoms with Gasteiger partial charge in [-0.3, -0.25) is 0 Å². The molecule has 1 aliphatic heterocycles. The molecule has 2 atom stereocenters. The van der Waals surface area contributed by atoms with Gasteiger partial charge in [-0.05, 0) is 37.0 Å². The van der Waals surface area contributed by atoms with E-state index >= 15 is 0 Å².